The average molecular weight is 255 g/mol. The molecule has 2 aliphatic carbocycles. The molecule has 3 rings (SSSR count). The largest absolute Gasteiger partial charge is 0.332 e. The van der Waals surface area contributed by atoms with Crippen LogP contribution in [0.2, 0.25) is 0 Å². The highest BCUT2D eigenvalue weighted by atomic mass is 32.2. The SMILES string of the molecule is Cc1ncc(S(=O)(=O)NC2CC3CCC2C3)[nH]1. The van der Waals surface area contributed by atoms with E-state index in [9.17, 15) is 8.42 Å². The second-order valence-electron chi connectivity index (χ2n) is 5.24. The molecule has 3 atom stereocenters. The summed E-state index contributed by atoms with van der Waals surface area (Å²) in [4.78, 5) is 6.70. The van der Waals surface area contributed by atoms with E-state index in [1.165, 1.54) is 25.5 Å². The third-order valence-corrected chi connectivity index (χ3v) is 5.41. The Morgan fingerprint density at radius 1 is 1.41 bits per heavy atom. The molecule has 0 saturated heterocycles. The minimum absolute atomic E-state index is 0.127. The molecule has 94 valence electrons. The van der Waals surface area contributed by atoms with Gasteiger partial charge in [-0.15, -0.1) is 0 Å². The van der Waals surface area contributed by atoms with Crippen LogP contribution >= 0.6 is 0 Å². The van der Waals surface area contributed by atoms with Gasteiger partial charge in [-0.2, -0.15) is 0 Å². The van der Waals surface area contributed by atoms with Crippen molar-refractivity contribution in [3.05, 3.63) is 12.0 Å². The zero-order valence-electron chi connectivity index (χ0n) is 9.81. The maximum absolute atomic E-state index is 12.1. The van der Waals surface area contributed by atoms with Crippen molar-refractivity contribution in [3.63, 3.8) is 0 Å². The van der Waals surface area contributed by atoms with E-state index in [1.807, 2.05) is 0 Å². The number of fused-ring (bicyclic) bond motifs is 2. The first-order valence-electron chi connectivity index (χ1n) is 6.08. The summed E-state index contributed by atoms with van der Waals surface area (Å²) in [6.45, 7) is 1.75. The molecule has 0 radical (unpaired) electrons. The van der Waals surface area contributed by atoms with E-state index >= 15 is 0 Å². The Morgan fingerprint density at radius 3 is 2.76 bits per heavy atom. The number of H-pyrrole nitrogens is 1. The van der Waals surface area contributed by atoms with Crippen LogP contribution in [0.1, 0.15) is 31.5 Å². The van der Waals surface area contributed by atoms with Gasteiger partial charge >= 0.3 is 0 Å². The van der Waals surface area contributed by atoms with Crippen LogP contribution in [0.5, 0.6) is 0 Å². The highest BCUT2D eigenvalue weighted by molar-refractivity contribution is 7.89. The third-order valence-electron chi connectivity index (χ3n) is 4.01. The number of imidazole rings is 1. The lowest BCUT2D eigenvalue weighted by molar-refractivity contribution is 0.390. The van der Waals surface area contributed by atoms with Crippen molar-refractivity contribution in [2.45, 2.75) is 43.7 Å². The van der Waals surface area contributed by atoms with Gasteiger partial charge in [-0.05, 0) is 38.0 Å². The van der Waals surface area contributed by atoms with Crippen LogP contribution in [0, 0.1) is 18.8 Å². The van der Waals surface area contributed by atoms with Gasteiger partial charge in [0.2, 0.25) is 0 Å². The standard InChI is InChI=1S/C11H17N3O2S/c1-7-12-6-11(13-7)17(15,16)14-10-5-8-2-3-9(10)4-8/h6,8-10,14H,2-5H2,1H3,(H,12,13). The quantitative estimate of drug-likeness (QED) is 0.851. The zero-order chi connectivity index (χ0) is 12.0. The van der Waals surface area contributed by atoms with Gasteiger partial charge < -0.3 is 4.98 Å². The first-order valence-corrected chi connectivity index (χ1v) is 7.57. The van der Waals surface area contributed by atoms with Crippen molar-refractivity contribution in [3.8, 4) is 0 Å². The summed E-state index contributed by atoms with van der Waals surface area (Å²) in [6, 6.07) is 0.127. The lowest BCUT2D eigenvalue weighted by atomic mass is 9.96. The first-order chi connectivity index (χ1) is 8.04. The molecule has 0 amide bonds. The minimum Gasteiger partial charge on any atom is -0.332 e. The summed E-state index contributed by atoms with van der Waals surface area (Å²) in [6.07, 6.45) is 6.00. The summed E-state index contributed by atoms with van der Waals surface area (Å²) in [7, 11) is -3.41. The lowest BCUT2D eigenvalue weighted by Gasteiger charge is -2.22. The van der Waals surface area contributed by atoms with Crippen LogP contribution in [0.15, 0.2) is 11.2 Å². The van der Waals surface area contributed by atoms with Crippen LogP contribution in [-0.4, -0.2) is 24.4 Å². The summed E-state index contributed by atoms with van der Waals surface area (Å²) in [5, 5.41) is 0.178. The van der Waals surface area contributed by atoms with Gasteiger partial charge in [-0.1, -0.05) is 6.42 Å². The fraction of sp³-hybridized carbons (Fsp3) is 0.727. The second kappa shape index (κ2) is 3.81. The van der Waals surface area contributed by atoms with Gasteiger partial charge in [-0.25, -0.2) is 18.1 Å². The predicted octanol–water partition coefficient (Wildman–Crippen LogP) is 1.19. The molecule has 2 bridgehead atoms. The van der Waals surface area contributed by atoms with Crippen LogP contribution in [-0.2, 0) is 10.0 Å². The molecule has 1 aromatic rings. The van der Waals surface area contributed by atoms with Crippen LogP contribution in [0.25, 0.3) is 0 Å². The zero-order valence-corrected chi connectivity index (χ0v) is 10.6. The van der Waals surface area contributed by atoms with E-state index in [4.69, 9.17) is 0 Å². The Labute approximate surface area is 101 Å². The van der Waals surface area contributed by atoms with Gasteiger partial charge in [0.15, 0.2) is 5.03 Å². The fourth-order valence-electron chi connectivity index (χ4n) is 3.19. The lowest BCUT2D eigenvalue weighted by Crippen LogP contribution is -2.38. The van der Waals surface area contributed by atoms with Crippen molar-refractivity contribution < 1.29 is 8.42 Å². The third kappa shape index (κ3) is 1.99. The molecule has 0 aromatic carbocycles. The molecule has 0 spiro atoms. The van der Waals surface area contributed by atoms with Crippen LogP contribution in [0.3, 0.4) is 0 Å². The van der Waals surface area contributed by atoms with E-state index in [0.717, 1.165) is 12.3 Å². The molecule has 3 unspecified atom stereocenters. The minimum atomic E-state index is -3.41. The molecule has 0 aliphatic heterocycles. The van der Waals surface area contributed by atoms with Crippen molar-refractivity contribution >= 4 is 10.0 Å². The van der Waals surface area contributed by atoms with Gasteiger partial charge in [0.05, 0.1) is 6.20 Å². The van der Waals surface area contributed by atoms with Crippen molar-refractivity contribution in [1.82, 2.24) is 14.7 Å². The Balaban J connectivity index is 1.76. The van der Waals surface area contributed by atoms with Crippen LogP contribution < -0.4 is 4.72 Å². The summed E-state index contributed by atoms with van der Waals surface area (Å²) in [5.41, 5.74) is 0. The predicted molar refractivity (Wildman–Crippen MR) is 62.9 cm³/mol. The van der Waals surface area contributed by atoms with E-state index in [2.05, 4.69) is 14.7 Å². The van der Waals surface area contributed by atoms with Crippen molar-refractivity contribution in [2.75, 3.05) is 0 Å². The van der Waals surface area contributed by atoms with E-state index in [1.54, 1.807) is 6.92 Å². The molecule has 6 heteroatoms. The highest BCUT2D eigenvalue weighted by Crippen LogP contribution is 2.44. The Kier molecular flexibility index (Phi) is 2.52. The molecule has 2 aliphatic rings. The number of hydrogen-bond acceptors (Lipinski definition) is 3. The summed E-state index contributed by atoms with van der Waals surface area (Å²) >= 11 is 0. The second-order valence-corrected chi connectivity index (χ2v) is 6.92. The maximum Gasteiger partial charge on any atom is 0.257 e. The van der Waals surface area contributed by atoms with Gasteiger partial charge in [-0.3, -0.25) is 0 Å². The highest BCUT2D eigenvalue weighted by Gasteiger charge is 2.41. The number of rotatable bonds is 3. The number of aromatic nitrogens is 2. The number of nitrogens with zero attached hydrogens (tertiary/aromatic N) is 1. The number of sulfonamides is 1. The summed E-state index contributed by atoms with van der Waals surface area (Å²) < 4.78 is 27.0. The van der Waals surface area contributed by atoms with Gasteiger partial charge in [0, 0.05) is 6.04 Å². The van der Waals surface area contributed by atoms with E-state index < -0.39 is 10.0 Å². The Morgan fingerprint density at radius 2 is 2.24 bits per heavy atom. The smallest absolute Gasteiger partial charge is 0.257 e. The maximum atomic E-state index is 12.1. The molecule has 1 heterocycles. The number of aryl methyl sites for hydroxylation is 1. The van der Waals surface area contributed by atoms with E-state index in [0.29, 0.717) is 11.7 Å². The number of aromatic amines is 1. The first kappa shape index (κ1) is 11.2. The molecular weight excluding hydrogens is 238 g/mol. The normalized spacial score (nSPS) is 32.2. The van der Waals surface area contributed by atoms with Gasteiger partial charge in [0.25, 0.3) is 10.0 Å². The number of nitrogens with one attached hydrogen (secondary N) is 2. The average Bonchev–Trinajstić information content (AvgIpc) is 2.92. The fourth-order valence-corrected chi connectivity index (χ4v) is 4.47. The molecule has 2 N–H and O–H groups in total. The number of hydrogen-bond donors (Lipinski definition) is 2. The topological polar surface area (TPSA) is 74.8 Å². The Bertz CT molecular complexity index is 523. The molecule has 17 heavy (non-hydrogen) atoms. The molecule has 5 nitrogen and oxygen atoms in total. The molecular formula is C11H17N3O2S. The van der Waals surface area contributed by atoms with Crippen molar-refractivity contribution in [1.29, 1.82) is 0 Å². The van der Waals surface area contributed by atoms with E-state index in [-0.39, 0.29) is 11.1 Å². The van der Waals surface area contributed by atoms with Crippen molar-refractivity contribution in [2.24, 2.45) is 11.8 Å². The Hall–Kier alpha value is -0.880. The molecule has 2 fully saturated rings. The monoisotopic (exact) mass is 255 g/mol. The molecule has 1 aromatic heterocycles. The van der Waals surface area contributed by atoms with Gasteiger partial charge in [0.1, 0.15) is 5.82 Å². The summed E-state index contributed by atoms with van der Waals surface area (Å²) in [5.74, 6) is 1.90. The molecule has 2 saturated carbocycles. The van der Waals surface area contributed by atoms with Crippen LogP contribution in [0.4, 0.5) is 0 Å².